The van der Waals surface area contributed by atoms with Crippen LogP contribution in [0.2, 0.25) is 0 Å². The van der Waals surface area contributed by atoms with Crippen LogP contribution < -0.4 is 5.43 Å². The fourth-order valence-corrected chi connectivity index (χ4v) is 2.18. The van der Waals surface area contributed by atoms with Gasteiger partial charge in [-0.15, -0.1) is 0 Å². The molecule has 2 aliphatic rings. The van der Waals surface area contributed by atoms with E-state index in [2.05, 4.69) is 4.98 Å². The summed E-state index contributed by atoms with van der Waals surface area (Å²) < 4.78 is 19.5. The topological polar surface area (TPSA) is 101 Å². The maximum Gasteiger partial charge on any atom is 0.303 e. The van der Waals surface area contributed by atoms with Crippen molar-refractivity contribution in [3.05, 3.63) is 45.9 Å². The second-order valence-corrected chi connectivity index (χ2v) is 4.79. The monoisotopic (exact) mass is 303 g/mol. The molecule has 112 valence electrons. The number of aromatic nitrogens is 1. The van der Waals surface area contributed by atoms with Gasteiger partial charge in [0.2, 0.25) is 11.2 Å². The number of halogens is 1. The Balaban J connectivity index is 2.23. The average molecular weight is 303 g/mol. The van der Waals surface area contributed by atoms with E-state index in [1.54, 1.807) is 0 Å². The summed E-state index contributed by atoms with van der Waals surface area (Å²) in [5.41, 5.74) is -0.223. The van der Waals surface area contributed by atoms with Gasteiger partial charge in [-0.25, -0.2) is 4.98 Å². The molecule has 1 aromatic carbocycles. The molecule has 0 spiro atoms. The molecule has 0 fully saturated rings. The number of carboxylic acids is 1. The van der Waals surface area contributed by atoms with Crippen molar-refractivity contribution >= 4 is 17.1 Å². The molecule has 0 saturated heterocycles. The molecule has 1 aliphatic carbocycles. The normalized spacial score (nSPS) is 11.1. The zero-order valence-electron chi connectivity index (χ0n) is 11.2. The quantitative estimate of drug-likeness (QED) is 0.719. The first-order valence-electron chi connectivity index (χ1n) is 6.42. The van der Waals surface area contributed by atoms with Gasteiger partial charge in [0, 0.05) is 18.1 Å². The van der Waals surface area contributed by atoms with Gasteiger partial charge in [0.25, 0.3) is 0 Å². The van der Waals surface area contributed by atoms with Gasteiger partial charge in [-0.2, -0.15) is 4.39 Å². The zero-order chi connectivity index (χ0) is 15.9. The van der Waals surface area contributed by atoms with Gasteiger partial charge in [0.1, 0.15) is 17.0 Å². The van der Waals surface area contributed by atoms with Gasteiger partial charge in [0.05, 0.1) is 0 Å². The minimum Gasteiger partial charge on any atom is -0.508 e. The third-order valence-electron chi connectivity index (χ3n) is 3.24. The molecule has 3 rings (SSSR count). The number of carbonyl (C=O) groups is 1. The van der Waals surface area contributed by atoms with Crippen LogP contribution in [0.5, 0.6) is 5.75 Å². The fourth-order valence-electron chi connectivity index (χ4n) is 2.18. The standard InChI is InChI=1S/C15H10FNO5/c16-13-14(21)7(1-4-12(19)20)5-10-15(13)22-11-6-8(18)2-3-9(11)17-10/h2-3,5-6,18H,1,4H2,(H,19,20). The van der Waals surface area contributed by atoms with Crippen molar-refractivity contribution in [3.8, 4) is 17.2 Å². The predicted octanol–water partition coefficient (Wildman–Crippen LogP) is 2.15. The van der Waals surface area contributed by atoms with E-state index in [1.165, 1.54) is 24.3 Å². The molecule has 2 N–H and O–H groups in total. The number of fused-ring (bicyclic) bond motifs is 2. The summed E-state index contributed by atoms with van der Waals surface area (Å²) in [6, 6.07) is 5.50. The van der Waals surface area contributed by atoms with Gasteiger partial charge in [0.15, 0.2) is 11.3 Å². The Bertz CT molecular complexity index is 918. The van der Waals surface area contributed by atoms with Crippen molar-refractivity contribution in [2.75, 3.05) is 0 Å². The number of hydrogen-bond acceptors (Lipinski definition) is 5. The van der Waals surface area contributed by atoms with Crippen molar-refractivity contribution in [1.29, 1.82) is 0 Å². The number of benzene rings is 2. The lowest BCUT2D eigenvalue weighted by molar-refractivity contribution is -0.136. The van der Waals surface area contributed by atoms with E-state index in [9.17, 15) is 19.1 Å². The van der Waals surface area contributed by atoms with Crippen LogP contribution in [-0.4, -0.2) is 21.2 Å². The van der Waals surface area contributed by atoms with Crippen LogP contribution in [0.3, 0.4) is 0 Å². The molecule has 0 radical (unpaired) electrons. The van der Waals surface area contributed by atoms with Crippen LogP contribution in [0.25, 0.3) is 22.6 Å². The number of phenolic OH excluding ortho intramolecular Hbond substituents is 1. The number of carboxylic acid groups (broad SMARTS) is 1. The third kappa shape index (κ3) is 2.37. The largest absolute Gasteiger partial charge is 0.508 e. The summed E-state index contributed by atoms with van der Waals surface area (Å²) in [6.45, 7) is 0. The average Bonchev–Trinajstić information content (AvgIpc) is 2.48. The first-order chi connectivity index (χ1) is 10.5. The van der Waals surface area contributed by atoms with E-state index >= 15 is 0 Å². The third-order valence-corrected chi connectivity index (χ3v) is 3.24. The lowest BCUT2D eigenvalue weighted by atomic mass is 10.1. The highest BCUT2D eigenvalue weighted by Crippen LogP contribution is 2.28. The van der Waals surface area contributed by atoms with E-state index in [0.717, 1.165) is 0 Å². The van der Waals surface area contributed by atoms with Crippen LogP contribution in [0.1, 0.15) is 12.0 Å². The molecule has 1 heterocycles. The molecule has 0 unspecified atom stereocenters. The Morgan fingerprint density at radius 3 is 2.82 bits per heavy atom. The van der Waals surface area contributed by atoms with Crippen LogP contribution in [0, 0.1) is 5.82 Å². The number of rotatable bonds is 3. The van der Waals surface area contributed by atoms with Gasteiger partial charge in [-0.05, 0) is 24.6 Å². The molecule has 0 aromatic heterocycles. The first kappa shape index (κ1) is 14.0. The minimum atomic E-state index is -1.12. The second-order valence-electron chi connectivity index (χ2n) is 4.79. The SMILES string of the molecule is O=C(O)CCc1cc2nc3ccc(O)cc3oc-2c(F)c1=O. The zero-order valence-corrected chi connectivity index (χ0v) is 11.2. The van der Waals surface area contributed by atoms with E-state index in [4.69, 9.17) is 9.52 Å². The maximum absolute atomic E-state index is 14.2. The van der Waals surface area contributed by atoms with Gasteiger partial charge < -0.3 is 14.6 Å². The van der Waals surface area contributed by atoms with Gasteiger partial charge >= 0.3 is 5.97 Å². The molecule has 0 bridgehead atoms. The maximum atomic E-state index is 14.2. The molecule has 1 aliphatic heterocycles. The van der Waals surface area contributed by atoms with Crippen molar-refractivity contribution in [3.63, 3.8) is 0 Å². The predicted molar refractivity (Wildman–Crippen MR) is 74.5 cm³/mol. The first-order valence-corrected chi connectivity index (χ1v) is 6.42. The van der Waals surface area contributed by atoms with Crippen LogP contribution in [0.15, 0.2) is 33.5 Å². The molecule has 6 nitrogen and oxygen atoms in total. The number of phenols is 1. The number of aromatic hydroxyl groups is 1. The summed E-state index contributed by atoms with van der Waals surface area (Å²) in [4.78, 5) is 26.7. The van der Waals surface area contributed by atoms with Crippen LogP contribution in [0.4, 0.5) is 4.39 Å². The van der Waals surface area contributed by atoms with E-state index < -0.39 is 17.2 Å². The summed E-state index contributed by atoms with van der Waals surface area (Å²) in [7, 11) is 0. The molecule has 0 amide bonds. The Morgan fingerprint density at radius 2 is 2.09 bits per heavy atom. The second kappa shape index (κ2) is 5.10. The fraction of sp³-hybridized carbons (Fsp3) is 0.133. The number of aliphatic carboxylic acids is 1. The Hall–Kier alpha value is -2.96. The van der Waals surface area contributed by atoms with Crippen LogP contribution in [-0.2, 0) is 11.2 Å². The van der Waals surface area contributed by atoms with Gasteiger partial charge in [-0.3, -0.25) is 9.59 Å². The molecular weight excluding hydrogens is 293 g/mol. The van der Waals surface area contributed by atoms with E-state index in [-0.39, 0.29) is 41.2 Å². The Labute approximate surface area is 122 Å². The lowest BCUT2D eigenvalue weighted by Crippen LogP contribution is -2.16. The molecule has 0 atom stereocenters. The summed E-state index contributed by atoms with van der Waals surface area (Å²) in [5, 5.41) is 18.1. The highest BCUT2D eigenvalue weighted by molar-refractivity contribution is 5.78. The highest BCUT2D eigenvalue weighted by Gasteiger charge is 2.21. The molecule has 0 saturated carbocycles. The van der Waals surface area contributed by atoms with E-state index in [1.807, 2.05) is 0 Å². The summed E-state index contributed by atoms with van der Waals surface area (Å²) >= 11 is 0. The van der Waals surface area contributed by atoms with E-state index in [0.29, 0.717) is 5.52 Å². The number of aryl methyl sites for hydroxylation is 1. The Morgan fingerprint density at radius 1 is 1.32 bits per heavy atom. The minimum absolute atomic E-state index is 0.0354. The van der Waals surface area contributed by atoms with Gasteiger partial charge in [-0.1, -0.05) is 0 Å². The van der Waals surface area contributed by atoms with Crippen molar-refractivity contribution in [2.45, 2.75) is 12.8 Å². The van der Waals surface area contributed by atoms with Crippen LogP contribution >= 0.6 is 0 Å². The van der Waals surface area contributed by atoms with Crippen molar-refractivity contribution in [2.24, 2.45) is 0 Å². The van der Waals surface area contributed by atoms with Crippen molar-refractivity contribution in [1.82, 2.24) is 4.98 Å². The molecule has 22 heavy (non-hydrogen) atoms. The number of hydrogen-bond donors (Lipinski definition) is 2. The lowest BCUT2D eigenvalue weighted by Gasteiger charge is -2.09. The number of nitrogens with zero attached hydrogens (tertiary/aromatic N) is 1. The smallest absolute Gasteiger partial charge is 0.303 e. The highest BCUT2D eigenvalue weighted by atomic mass is 19.1. The summed E-state index contributed by atoms with van der Waals surface area (Å²) in [6.07, 6.45) is -0.366. The molecule has 1 aromatic rings. The summed E-state index contributed by atoms with van der Waals surface area (Å²) in [5.74, 6) is -2.58. The molecule has 7 heteroatoms. The van der Waals surface area contributed by atoms with Crippen molar-refractivity contribution < 1.29 is 23.8 Å². The Kier molecular flexibility index (Phi) is 3.25. The molecular formula is C15H10FNO5.